The summed E-state index contributed by atoms with van der Waals surface area (Å²) in [5.41, 5.74) is 1.90. The van der Waals surface area contributed by atoms with E-state index in [2.05, 4.69) is 12.6 Å². The molecule has 0 aliphatic heterocycles. The standard InChI is InChI=1S/C11H13NO2S/c1-12(2)9-5-3-8(4-6-9)7-10(15)11(13)14/h3-7,15H,1-2H3,(H,13,14). The van der Waals surface area contributed by atoms with E-state index in [0.29, 0.717) is 0 Å². The van der Waals surface area contributed by atoms with Gasteiger partial charge in [0.1, 0.15) is 0 Å². The lowest BCUT2D eigenvalue weighted by Crippen LogP contribution is -2.07. The smallest absolute Gasteiger partial charge is 0.341 e. The predicted octanol–water partition coefficient (Wildman–Crippen LogP) is 2.11. The van der Waals surface area contributed by atoms with E-state index in [1.807, 2.05) is 43.3 Å². The summed E-state index contributed by atoms with van der Waals surface area (Å²) < 4.78 is 0. The maximum Gasteiger partial charge on any atom is 0.341 e. The van der Waals surface area contributed by atoms with Crippen molar-refractivity contribution in [2.24, 2.45) is 0 Å². The second-order valence-electron chi connectivity index (χ2n) is 3.32. The molecule has 0 aliphatic carbocycles. The number of carboxylic acids is 1. The first-order chi connectivity index (χ1) is 7.00. The van der Waals surface area contributed by atoms with Crippen LogP contribution in [-0.2, 0) is 4.79 Å². The van der Waals surface area contributed by atoms with E-state index >= 15 is 0 Å². The third-order valence-electron chi connectivity index (χ3n) is 1.93. The number of benzene rings is 1. The normalized spacial score (nSPS) is 11.3. The Bertz CT molecular complexity index is 382. The molecule has 0 amide bonds. The first kappa shape index (κ1) is 11.7. The van der Waals surface area contributed by atoms with Crippen molar-refractivity contribution in [3.63, 3.8) is 0 Å². The van der Waals surface area contributed by atoms with Crippen molar-refractivity contribution in [2.75, 3.05) is 19.0 Å². The minimum Gasteiger partial charge on any atom is -0.477 e. The van der Waals surface area contributed by atoms with Gasteiger partial charge in [0.25, 0.3) is 0 Å². The number of nitrogens with zero attached hydrogens (tertiary/aromatic N) is 1. The number of hydrogen-bond acceptors (Lipinski definition) is 3. The van der Waals surface area contributed by atoms with Crippen molar-refractivity contribution in [3.05, 3.63) is 34.7 Å². The molecule has 3 nitrogen and oxygen atoms in total. The zero-order valence-electron chi connectivity index (χ0n) is 8.64. The summed E-state index contributed by atoms with van der Waals surface area (Å²) in [5.74, 6) is -1.02. The van der Waals surface area contributed by atoms with Crippen molar-refractivity contribution in [3.8, 4) is 0 Å². The van der Waals surface area contributed by atoms with Crippen molar-refractivity contribution in [2.45, 2.75) is 0 Å². The van der Waals surface area contributed by atoms with Crippen LogP contribution in [0.25, 0.3) is 6.08 Å². The lowest BCUT2D eigenvalue weighted by molar-refractivity contribution is -0.131. The van der Waals surface area contributed by atoms with Gasteiger partial charge in [0.05, 0.1) is 4.91 Å². The van der Waals surface area contributed by atoms with Crippen LogP contribution in [0.4, 0.5) is 5.69 Å². The van der Waals surface area contributed by atoms with E-state index in [0.717, 1.165) is 11.3 Å². The molecule has 1 aromatic carbocycles. The van der Waals surface area contributed by atoms with Crippen LogP contribution in [0.5, 0.6) is 0 Å². The maximum absolute atomic E-state index is 10.5. The van der Waals surface area contributed by atoms with Gasteiger partial charge in [-0.3, -0.25) is 0 Å². The molecule has 0 aliphatic rings. The van der Waals surface area contributed by atoms with Crippen molar-refractivity contribution in [1.29, 1.82) is 0 Å². The zero-order valence-corrected chi connectivity index (χ0v) is 9.53. The third kappa shape index (κ3) is 3.32. The summed E-state index contributed by atoms with van der Waals surface area (Å²) in [6.45, 7) is 0. The molecule has 0 saturated heterocycles. The quantitative estimate of drug-likeness (QED) is 0.609. The lowest BCUT2D eigenvalue weighted by atomic mass is 10.2. The van der Waals surface area contributed by atoms with Crippen LogP contribution >= 0.6 is 12.6 Å². The molecule has 0 fully saturated rings. The van der Waals surface area contributed by atoms with Crippen molar-refractivity contribution in [1.82, 2.24) is 0 Å². The van der Waals surface area contributed by atoms with Gasteiger partial charge < -0.3 is 10.0 Å². The molecule has 1 N–H and O–H groups in total. The average Bonchev–Trinajstić information content (AvgIpc) is 2.18. The molecule has 80 valence electrons. The average molecular weight is 223 g/mol. The van der Waals surface area contributed by atoms with E-state index in [1.165, 1.54) is 6.08 Å². The molecule has 15 heavy (non-hydrogen) atoms. The number of hydrogen-bond donors (Lipinski definition) is 2. The largest absolute Gasteiger partial charge is 0.477 e. The minimum absolute atomic E-state index is 0.0348. The fourth-order valence-electron chi connectivity index (χ4n) is 1.09. The number of carboxylic acid groups (broad SMARTS) is 1. The summed E-state index contributed by atoms with van der Waals surface area (Å²) in [5, 5.41) is 8.63. The molecule has 0 unspecified atom stereocenters. The van der Waals surface area contributed by atoms with Crippen LogP contribution in [0.2, 0.25) is 0 Å². The van der Waals surface area contributed by atoms with Crippen LogP contribution < -0.4 is 4.90 Å². The molecule has 0 aromatic heterocycles. The molecule has 0 heterocycles. The van der Waals surface area contributed by atoms with Gasteiger partial charge in [-0.05, 0) is 23.8 Å². The summed E-state index contributed by atoms with van der Waals surface area (Å²) in [6, 6.07) is 7.56. The summed E-state index contributed by atoms with van der Waals surface area (Å²) >= 11 is 3.85. The molecule has 0 saturated carbocycles. The highest BCUT2D eigenvalue weighted by atomic mass is 32.1. The molecular formula is C11H13NO2S. The van der Waals surface area contributed by atoms with Gasteiger partial charge in [0.2, 0.25) is 0 Å². The van der Waals surface area contributed by atoms with Crippen molar-refractivity contribution < 1.29 is 9.90 Å². The van der Waals surface area contributed by atoms with Gasteiger partial charge in [-0.2, -0.15) is 0 Å². The Kier molecular flexibility index (Phi) is 3.80. The van der Waals surface area contributed by atoms with Gasteiger partial charge >= 0.3 is 5.97 Å². The van der Waals surface area contributed by atoms with Gasteiger partial charge in [-0.1, -0.05) is 12.1 Å². The van der Waals surface area contributed by atoms with Gasteiger partial charge in [-0.25, -0.2) is 4.79 Å². The number of aliphatic carboxylic acids is 1. The summed E-state index contributed by atoms with van der Waals surface area (Å²) in [4.78, 5) is 12.5. The minimum atomic E-state index is -1.02. The van der Waals surface area contributed by atoms with E-state index in [1.54, 1.807) is 0 Å². The van der Waals surface area contributed by atoms with E-state index in [-0.39, 0.29) is 4.91 Å². The monoisotopic (exact) mass is 223 g/mol. The number of anilines is 1. The molecule has 4 heteroatoms. The van der Waals surface area contributed by atoms with E-state index in [9.17, 15) is 4.79 Å². The topological polar surface area (TPSA) is 40.5 Å². The van der Waals surface area contributed by atoms with Crippen molar-refractivity contribution >= 4 is 30.4 Å². The predicted molar refractivity (Wildman–Crippen MR) is 65.4 cm³/mol. The summed E-state index contributed by atoms with van der Waals surface area (Å²) in [6.07, 6.45) is 1.52. The van der Waals surface area contributed by atoms with Crippen LogP contribution in [-0.4, -0.2) is 25.2 Å². The van der Waals surface area contributed by atoms with E-state index in [4.69, 9.17) is 5.11 Å². The highest BCUT2D eigenvalue weighted by molar-refractivity contribution is 7.85. The zero-order chi connectivity index (χ0) is 11.4. The molecule has 1 aromatic rings. The molecular weight excluding hydrogens is 210 g/mol. The Morgan fingerprint density at radius 1 is 1.33 bits per heavy atom. The first-order valence-corrected chi connectivity index (χ1v) is 4.87. The van der Waals surface area contributed by atoms with Gasteiger partial charge in [-0.15, -0.1) is 12.6 Å². The SMILES string of the molecule is CN(C)c1ccc(C=C(S)C(=O)O)cc1. The Balaban J connectivity index is 2.90. The Labute approximate surface area is 94.4 Å². The number of rotatable bonds is 3. The third-order valence-corrected chi connectivity index (χ3v) is 2.25. The fraction of sp³-hybridized carbons (Fsp3) is 0.182. The number of carbonyl (C=O) groups is 1. The van der Waals surface area contributed by atoms with Gasteiger partial charge in [0.15, 0.2) is 0 Å². The van der Waals surface area contributed by atoms with Crippen LogP contribution in [0, 0.1) is 0 Å². The Morgan fingerprint density at radius 3 is 2.27 bits per heavy atom. The molecule has 1 rings (SSSR count). The Morgan fingerprint density at radius 2 is 1.87 bits per heavy atom. The second kappa shape index (κ2) is 4.89. The molecule has 0 bridgehead atoms. The van der Waals surface area contributed by atoms with E-state index < -0.39 is 5.97 Å². The number of thiol groups is 1. The lowest BCUT2D eigenvalue weighted by Gasteiger charge is -2.11. The van der Waals surface area contributed by atoms with Crippen LogP contribution in [0.1, 0.15) is 5.56 Å². The van der Waals surface area contributed by atoms with Crippen LogP contribution in [0.15, 0.2) is 29.2 Å². The molecule has 0 atom stereocenters. The molecule has 0 radical (unpaired) electrons. The maximum atomic E-state index is 10.5. The fourth-order valence-corrected chi connectivity index (χ4v) is 1.24. The highest BCUT2D eigenvalue weighted by Gasteiger charge is 2.01. The van der Waals surface area contributed by atoms with Crippen LogP contribution in [0.3, 0.4) is 0 Å². The second-order valence-corrected chi connectivity index (χ2v) is 3.80. The molecule has 0 spiro atoms. The van der Waals surface area contributed by atoms with Gasteiger partial charge in [0, 0.05) is 19.8 Å². The Hall–Kier alpha value is -1.42. The first-order valence-electron chi connectivity index (χ1n) is 4.42. The summed E-state index contributed by atoms with van der Waals surface area (Å²) in [7, 11) is 3.90. The highest BCUT2D eigenvalue weighted by Crippen LogP contribution is 2.15.